The fourth-order valence-electron chi connectivity index (χ4n) is 2.14. The van der Waals surface area contributed by atoms with E-state index in [4.69, 9.17) is 16.3 Å². The first-order valence-electron chi connectivity index (χ1n) is 6.59. The second kappa shape index (κ2) is 6.03. The van der Waals surface area contributed by atoms with Crippen molar-refractivity contribution in [3.8, 4) is 5.75 Å². The monoisotopic (exact) mass is 316 g/mol. The van der Waals surface area contributed by atoms with E-state index in [1.807, 2.05) is 24.3 Å². The molecule has 112 valence electrons. The molecule has 0 atom stereocenters. The molecule has 0 saturated carbocycles. The Kier molecular flexibility index (Phi) is 3.93. The predicted octanol–water partition coefficient (Wildman–Crippen LogP) is 2.73. The molecule has 0 unspecified atom stereocenters. The van der Waals surface area contributed by atoms with E-state index in [2.05, 4.69) is 15.6 Å². The van der Waals surface area contributed by atoms with Crippen LogP contribution in [0.15, 0.2) is 42.5 Å². The van der Waals surface area contributed by atoms with E-state index in [-0.39, 0.29) is 12.5 Å². The van der Waals surface area contributed by atoms with Crippen LogP contribution >= 0.6 is 11.6 Å². The Morgan fingerprint density at radius 2 is 2.14 bits per heavy atom. The zero-order chi connectivity index (χ0) is 15.5. The third-order valence-electron chi connectivity index (χ3n) is 3.15. The van der Waals surface area contributed by atoms with E-state index in [0.29, 0.717) is 16.5 Å². The first-order valence-corrected chi connectivity index (χ1v) is 6.97. The molecular weight excluding hydrogens is 304 g/mol. The van der Waals surface area contributed by atoms with Gasteiger partial charge in [0.1, 0.15) is 17.8 Å². The van der Waals surface area contributed by atoms with E-state index in [9.17, 15) is 4.79 Å². The summed E-state index contributed by atoms with van der Waals surface area (Å²) in [5, 5.41) is 11.3. The highest BCUT2D eigenvalue weighted by atomic mass is 35.5. The van der Waals surface area contributed by atoms with E-state index >= 15 is 0 Å². The Morgan fingerprint density at radius 3 is 2.95 bits per heavy atom. The Balaban J connectivity index is 1.79. The molecule has 1 amide bonds. The van der Waals surface area contributed by atoms with Crippen LogP contribution < -0.4 is 10.1 Å². The molecule has 0 spiro atoms. The zero-order valence-electron chi connectivity index (χ0n) is 11.8. The van der Waals surface area contributed by atoms with Crippen molar-refractivity contribution in [3.05, 3.63) is 47.5 Å². The molecule has 22 heavy (non-hydrogen) atoms. The van der Waals surface area contributed by atoms with Gasteiger partial charge in [0.2, 0.25) is 5.91 Å². The number of carbonyl (C=O) groups excluding carboxylic acids is 1. The molecule has 1 N–H and O–H groups in total. The van der Waals surface area contributed by atoms with Crippen molar-refractivity contribution in [2.24, 2.45) is 0 Å². The Hall–Kier alpha value is -2.60. The summed E-state index contributed by atoms with van der Waals surface area (Å²) < 4.78 is 6.74. The van der Waals surface area contributed by atoms with E-state index < -0.39 is 0 Å². The molecule has 3 aromatic rings. The number of nitrogens with one attached hydrogen (secondary N) is 1. The second-order valence-corrected chi connectivity index (χ2v) is 5.07. The minimum atomic E-state index is -0.240. The summed E-state index contributed by atoms with van der Waals surface area (Å²) in [5.41, 5.74) is 2.07. The third kappa shape index (κ3) is 2.87. The molecule has 0 fully saturated rings. The average Bonchev–Trinajstić information content (AvgIpc) is 2.91. The number of fused-ring (bicyclic) bond motifs is 1. The number of halogens is 1. The number of para-hydroxylation sites is 1. The van der Waals surface area contributed by atoms with Gasteiger partial charge in [-0.15, -0.1) is 5.10 Å². The van der Waals surface area contributed by atoms with Crippen LogP contribution in [0, 0.1) is 0 Å². The normalized spacial score (nSPS) is 10.6. The molecule has 0 saturated heterocycles. The maximum Gasteiger partial charge on any atom is 0.246 e. The van der Waals surface area contributed by atoms with Gasteiger partial charge in [-0.25, -0.2) is 4.68 Å². The van der Waals surface area contributed by atoms with Crippen molar-refractivity contribution in [3.63, 3.8) is 0 Å². The number of nitrogens with zero attached hydrogens (tertiary/aromatic N) is 3. The number of ether oxygens (including phenoxy) is 1. The number of carbonyl (C=O) groups is 1. The van der Waals surface area contributed by atoms with Gasteiger partial charge < -0.3 is 10.1 Å². The van der Waals surface area contributed by atoms with Crippen molar-refractivity contribution < 1.29 is 9.53 Å². The highest BCUT2D eigenvalue weighted by molar-refractivity contribution is 6.31. The minimum absolute atomic E-state index is 0.0518. The lowest BCUT2D eigenvalue weighted by Crippen LogP contribution is -2.20. The van der Waals surface area contributed by atoms with Gasteiger partial charge in [-0.05, 0) is 30.3 Å². The van der Waals surface area contributed by atoms with Crippen molar-refractivity contribution in [2.45, 2.75) is 6.54 Å². The summed E-state index contributed by atoms with van der Waals surface area (Å²) >= 11 is 5.94. The van der Waals surface area contributed by atoms with Gasteiger partial charge in [0, 0.05) is 5.02 Å². The van der Waals surface area contributed by atoms with Crippen LogP contribution in [0.4, 0.5) is 5.69 Å². The summed E-state index contributed by atoms with van der Waals surface area (Å²) in [7, 11) is 1.53. The third-order valence-corrected chi connectivity index (χ3v) is 3.38. The van der Waals surface area contributed by atoms with Crippen LogP contribution in [-0.2, 0) is 11.3 Å². The topological polar surface area (TPSA) is 69.0 Å². The largest absolute Gasteiger partial charge is 0.495 e. The number of aromatic nitrogens is 3. The first kappa shape index (κ1) is 14.3. The fraction of sp³-hybridized carbons (Fsp3) is 0.133. The van der Waals surface area contributed by atoms with Crippen LogP contribution in [-0.4, -0.2) is 28.0 Å². The molecule has 7 heteroatoms. The van der Waals surface area contributed by atoms with Gasteiger partial charge in [0.25, 0.3) is 0 Å². The molecular formula is C15H13ClN4O2. The van der Waals surface area contributed by atoms with Crippen LogP contribution in [0.5, 0.6) is 5.75 Å². The number of rotatable bonds is 4. The molecule has 3 rings (SSSR count). The molecule has 0 bridgehead atoms. The highest BCUT2D eigenvalue weighted by Crippen LogP contribution is 2.27. The van der Waals surface area contributed by atoms with Crippen molar-refractivity contribution in [1.29, 1.82) is 0 Å². The van der Waals surface area contributed by atoms with E-state index in [1.165, 1.54) is 7.11 Å². The number of amides is 1. The standard InChI is InChI=1S/C15H13ClN4O2/c1-22-14-7-6-10(16)8-12(14)17-15(21)9-20-13-5-3-2-4-11(13)18-19-20/h2-8H,9H2,1H3,(H,17,21). The lowest BCUT2D eigenvalue weighted by molar-refractivity contribution is -0.116. The number of hydrogen-bond donors (Lipinski definition) is 1. The highest BCUT2D eigenvalue weighted by Gasteiger charge is 2.11. The Labute approximate surface area is 131 Å². The second-order valence-electron chi connectivity index (χ2n) is 4.63. The molecule has 0 aliphatic heterocycles. The number of benzene rings is 2. The quantitative estimate of drug-likeness (QED) is 0.803. The smallest absolute Gasteiger partial charge is 0.246 e. The number of hydrogen-bond acceptors (Lipinski definition) is 4. The molecule has 0 aliphatic rings. The predicted molar refractivity (Wildman–Crippen MR) is 84.2 cm³/mol. The lowest BCUT2D eigenvalue weighted by Gasteiger charge is -2.10. The Bertz CT molecular complexity index is 831. The van der Waals surface area contributed by atoms with Crippen LogP contribution in [0.25, 0.3) is 11.0 Å². The van der Waals surface area contributed by atoms with Gasteiger partial charge in [-0.2, -0.15) is 0 Å². The number of methoxy groups -OCH3 is 1. The molecule has 2 aromatic carbocycles. The van der Waals surface area contributed by atoms with Crippen molar-refractivity contribution in [2.75, 3.05) is 12.4 Å². The van der Waals surface area contributed by atoms with Gasteiger partial charge in [-0.1, -0.05) is 28.9 Å². The summed E-state index contributed by atoms with van der Waals surface area (Å²) in [6, 6.07) is 12.5. The zero-order valence-corrected chi connectivity index (χ0v) is 12.5. The lowest BCUT2D eigenvalue weighted by atomic mass is 10.3. The van der Waals surface area contributed by atoms with Crippen LogP contribution in [0.3, 0.4) is 0 Å². The maximum atomic E-state index is 12.2. The summed E-state index contributed by atoms with van der Waals surface area (Å²) in [4.78, 5) is 12.2. The summed E-state index contributed by atoms with van der Waals surface area (Å²) in [6.07, 6.45) is 0. The van der Waals surface area contributed by atoms with Crippen LogP contribution in [0.2, 0.25) is 5.02 Å². The number of anilines is 1. The molecule has 0 aliphatic carbocycles. The fourth-order valence-corrected chi connectivity index (χ4v) is 2.31. The van der Waals surface area contributed by atoms with Gasteiger partial charge in [-0.3, -0.25) is 4.79 Å². The minimum Gasteiger partial charge on any atom is -0.495 e. The molecule has 1 aromatic heterocycles. The van der Waals surface area contributed by atoms with Crippen LogP contribution in [0.1, 0.15) is 0 Å². The van der Waals surface area contributed by atoms with Gasteiger partial charge in [0.15, 0.2) is 0 Å². The van der Waals surface area contributed by atoms with Crippen molar-refractivity contribution >= 4 is 34.2 Å². The molecule has 1 heterocycles. The summed E-state index contributed by atoms with van der Waals surface area (Å²) in [6.45, 7) is 0.0518. The SMILES string of the molecule is COc1ccc(Cl)cc1NC(=O)Cn1nnc2ccccc21. The van der Waals surface area contributed by atoms with Gasteiger partial charge in [0.05, 0.1) is 18.3 Å². The first-order chi connectivity index (χ1) is 10.7. The van der Waals surface area contributed by atoms with E-state index in [0.717, 1.165) is 11.0 Å². The maximum absolute atomic E-state index is 12.2. The van der Waals surface area contributed by atoms with E-state index in [1.54, 1.807) is 22.9 Å². The van der Waals surface area contributed by atoms with Gasteiger partial charge >= 0.3 is 0 Å². The molecule has 6 nitrogen and oxygen atoms in total. The molecule has 0 radical (unpaired) electrons. The Morgan fingerprint density at radius 1 is 1.32 bits per heavy atom. The van der Waals surface area contributed by atoms with Crippen molar-refractivity contribution in [1.82, 2.24) is 15.0 Å². The average molecular weight is 317 g/mol. The summed E-state index contributed by atoms with van der Waals surface area (Å²) in [5.74, 6) is 0.303.